The summed E-state index contributed by atoms with van der Waals surface area (Å²) in [7, 11) is -4.82. The number of nitrogens with one attached hydrogen (secondary N) is 1. The zero-order valence-electron chi connectivity index (χ0n) is 10.5. The molecule has 0 bridgehead atoms. The maximum absolute atomic E-state index is 11.9. The van der Waals surface area contributed by atoms with Gasteiger partial charge in [-0.05, 0) is 31.2 Å². The summed E-state index contributed by atoms with van der Waals surface area (Å²) in [6.07, 6.45) is 1.50. The highest BCUT2D eigenvalue weighted by Gasteiger charge is 2.16. The van der Waals surface area contributed by atoms with Crippen molar-refractivity contribution in [3.8, 4) is 0 Å². The van der Waals surface area contributed by atoms with E-state index in [1.165, 1.54) is 30.5 Å². The molecule has 1 rings (SSSR count). The van der Waals surface area contributed by atoms with Crippen LogP contribution in [0.2, 0.25) is 0 Å². The van der Waals surface area contributed by atoms with Gasteiger partial charge in [0.2, 0.25) is 10.0 Å². The number of hydrogen-bond acceptors (Lipinski definition) is 4. The van der Waals surface area contributed by atoms with Gasteiger partial charge in [0.1, 0.15) is 0 Å². The number of aromatic carboxylic acids is 1. The van der Waals surface area contributed by atoms with Gasteiger partial charge in [-0.1, -0.05) is 0 Å². The number of hydrogen-bond donors (Lipinski definition) is 2. The van der Waals surface area contributed by atoms with Crippen molar-refractivity contribution in [2.24, 2.45) is 0 Å². The van der Waals surface area contributed by atoms with Crippen LogP contribution in [-0.4, -0.2) is 41.8 Å². The average Bonchev–Trinajstić information content (AvgIpc) is 2.36. The van der Waals surface area contributed by atoms with Crippen LogP contribution in [0.25, 0.3) is 0 Å². The quantitative estimate of drug-likeness (QED) is 0.794. The molecule has 1 aromatic carbocycles. The minimum absolute atomic E-state index is 0.0157. The smallest absolute Gasteiger partial charge is 0.335 e. The number of carboxylic acids is 1. The van der Waals surface area contributed by atoms with E-state index in [1.807, 2.05) is 0 Å². The third-order valence-electron chi connectivity index (χ3n) is 2.54. The molecule has 0 radical (unpaired) electrons. The molecule has 2 N–H and O–H groups in total. The van der Waals surface area contributed by atoms with Gasteiger partial charge in [-0.3, -0.25) is 4.21 Å². The average molecular weight is 305 g/mol. The Morgan fingerprint density at radius 2 is 1.89 bits per heavy atom. The van der Waals surface area contributed by atoms with Crippen molar-refractivity contribution in [1.82, 2.24) is 4.72 Å². The largest absolute Gasteiger partial charge is 0.478 e. The second kappa shape index (κ2) is 6.27. The van der Waals surface area contributed by atoms with Gasteiger partial charge in [-0.2, -0.15) is 0 Å². The first-order valence-electron chi connectivity index (χ1n) is 5.39. The van der Waals surface area contributed by atoms with E-state index in [9.17, 15) is 17.4 Å². The molecule has 8 heteroatoms. The molecular weight excluding hydrogens is 290 g/mol. The van der Waals surface area contributed by atoms with Crippen molar-refractivity contribution in [3.05, 3.63) is 29.8 Å². The molecule has 6 nitrogen and oxygen atoms in total. The number of benzene rings is 1. The lowest BCUT2D eigenvalue weighted by molar-refractivity contribution is 0.0696. The van der Waals surface area contributed by atoms with Gasteiger partial charge >= 0.3 is 5.97 Å². The Labute approximate surface area is 114 Å². The summed E-state index contributed by atoms with van der Waals surface area (Å²) in [5.41, 5.74) is 0.0157. The summed E-state index contributed by atoms with van der Waals surface area (Å²) in [4.78, 5) is 10.6. The van der Waals surface area contributed by atoms with Crippen LogP contribution in [0.1, 0.15) is 17.3 Å². The third-order valence-corrected chi connectivity index (χ3v) is 5.28. The fraction of sp³-hybridized carbons (Fsp3) is 0.364. The van der Waals surface area contributed by atoms with Crippen LogP contribution in [0.15, 0.2) is 29.2 Å². The maximum Gasteiger partial charge on any atom is 0.335 e. The summed E-state index contributed by atoms with van der Waals surface area (Å²) in [6, 6.07) is 4.88. The van der Waals surface area contributed by atoms with Gasteiger partial charge in [0.15, 0.2) is 0 Å². The van der Waals surface area contributed by atoms with E-state index in [1.54, 1.807) is 6.92 Å². The molecule has 19 heavy (non-hydrogen) atoms. The highest BCUT2D eigenvalue weighted by Crippen LogP contribution is 2.10. The Morgan fingerprint density at radius 1 is 1.37 bits per heavy atom. The van der Waals surface area contributed by atoms with Crippen molar-refractivity contribution in [3.63, 3.8) is 0 Å². The Kier molecular flexibility index (Phi) is 5.21. The van der Waals surface area contributed by atoms with Gasteiger partial charge in [-0.25, -0.2) is 17.9 Å². The number of sulfonamides is 1. The highest BCUT2D eigenvalue weighted by molar-refractivity contribution is 7.89. The Morgan fingerprint density at radius 3 is 2.32 bits per heavy atom. The van der Waals surface area contributed by atoms with Crippen LogP contribution in [0, 0.1) is 0 Å². The molecule has 0 amide bonds. The van der Waals surface area contributed by atoms with E-state index in [0.29, 0.717) is 0 Å². The van der Waals surface area contributed by atoms with Crippen LogP contribution >= 0.6 is 0 Å². The number of rotatable bonds is 6. The molecule has 0 aliphatic heterocycles. The molecule has 0 spiro atoms. The number of carbonyl (C=O) groups is 1. The van der Waals surface area contributed by atoms with E-state index < -0.39 is 26.8 Å². The Bertz CT molecular complexity index is 580. The standard InChI is InChI=1S/C11H15NO5S2/c1-8(18(2)15)7-12-19(16,17)10-5-3-9(4-6-10)11(13)14/h3-6,8,12H,7H2,1-2H3,(H,13,14)/t8-,18+/m1/s1. The van der Waals surface area contributed by atoms with Crippen molar-refractivity contribution in [2.75, 3.05) is 12.8 Å². The molecular formula is C11H15NO5S2. The van der Waals surface area contributed by atoms with E-state index >= 15 is 0 Å². The second-order valence-corrected chi connectivity index (χ2v) is 7.56. The summed E-state index contributed by atoms with van der Waals surface area (Å²) in [6.45, 7) is 1.73. The van der Waals surface area contributed by atoms with E-state index in [4.69, 9.17) is 5.11 Å². The molecule has 0 saturated carbocycles. The van der Waals surface area contributed by atoms with Crippen molar-refractivity contribution in [2.45, 2.75) is 17.1 Å². The lowest BCUT2D eigenvalue weighted by Crippen LogP contribution is -2.32. The van der Waals surface area contributed by atoms with Gasteiger partial charge in [0, 0.05) is 28.9 Å². The molecule has 0 unspecified atom stereocenters. The minimum atomic E-state index is -3.71. The van der Waals surface area contributed by atoms with Crippen LogP contribution in [-0.2, 0) is 20.8 Å². The molecule has 0 aliphatic carbocycles. The first-order chi connectivity index (χ1) is 8.74. The predicted molar refractivity (Wildman–Crippen MR) is 72.1 cm³/mol. The molecule has 0 aromatic heterocycles. The lowest BCUT2D eigenvalue weighted by atomic mass is 10.2. The minimum Gasteiger partial charge on any atom is -0.478 e. The third kappa shape index (κ3) is 4.41. The maximum atomic E-state index is 11.9. The van der Waals surface area contributed by atoms with Crippen molar-refractivity contribution >= 4 is 26.8 Å². The van der Waals surface area contributed by atoms with E-state index in [2.05, 4.69) is 4.72 Å². The molecule has 0 saturated heterocycles. The fourth-order valence-corrected chi connectivity index (χ4v) is 2.76. The second-order valence-electron chi connectivity index (χ2n) is 3.99. The van der Waals surface area contributed by atoms with Crippen LogP contribution in [0.5, 0.6) is 0 Å². The zero-order valence-corrected chi connectivity index (χ0v) is 12.1. The summed E-state index contributed by atoms with van der Waals surface area (Å²) >= 11 is 0. The Balaban J connectivity index is 2.83. The van der Waals surface area contributed by atoms with E-state index in [-0.39, 0.29) is 22.3 Å². The topological polar surface area (TPSA) is 101 Å². The van der Waals surface area contributed by atoms with Gasteiger partial charge < -0.3 is 5.11 Å². The number of carboxylic acid groups (broad SMARTS) is 1. The SMILES string of the molecule is C[C@H](CNS(=O)(=O)c1ccc(C(=O)O)cc1)[S@](C)=O. The zero-order chi connectivity index (χ0) is 14.6. The van der Waals surface area contributed by atoms with Gasteiger partial charge in [-0.15, -0.1) is 0 Å². The van der Waals surface area contributed by atoms with Crippen LogP contribution in [0.3, 0.4) is 0 Å². The first-order valence-corrected chi connectivity index (χ1v) is 8.49. The molecule has 2 atom stereocenters. The fourth-order valence-electron chi connectivity index (χ4n) is 1.20. The monoisotopic (exact) mass is 305 g/mol. The molecule has 0 heterocycles. The lowest BCUT2D eigenvalue weighted by Gasteiger charge is -2.10. The Hall–Kier alpha value is -1.25. The summed E-state index contributed by atoms with van der Waals surface area (Å²) < 4.78 is 37.2. The van der Waals surface area contributed by atoms with Crippen molar-refractivity contribution < 1.29 is 22.5 Å². The summed E-state index contributed by atoms with van der Waals surface area (Å²) in [5.74, 6) is -1.12. The first kappa shape index (κ1) is 15.8. The van der Waals surface area contributed by atoms with Crippen molar-refractivity contribution in [1.29, 1.82) is 0 Å². The molecule has 0 fully saturated rings. The van der Waals surface area contributed by atoms with E-state index in [0.717, 1.165) is 0 Å². The van der Waals surface area contributed by atoms with Crippen LogP contribution in [0.4, 0.5) is 0 Å². The highest BCUT2D eigenvalue weighted by atomic mass is 32.2. The molecule has 0 aliphatic rings. The van der Waals surface area contributed by atoms with Crippen LogP contribution < -0.4 is 4.72 Å². The predicted octanol–water partition coefficient (Wildman–Crippen LogP) is 0.430. The summed E-state index contributed by atoms with van der Waals surface area (Å²) in [5, 5.41) is 8.42. The normalized spacial score (nSPS) is 14.8. The van der Waals surface area contributed by atoms with Gasteiger partial charge in [0.25, 0.3) is 0 Å². The van der Waals surface area contributed by atoms with Gasteiger partial charge in [0.05, 0.1) is 10.5 Å². The molecule has 1 aromatic rings. The molecule has 106 valence electrons.